The summed E-state index contributed by atoms with van der Waals surface area (Å²) in [6, 6.07) is -0.634. The number of likely N-dealkylation sites (tertiary alicyclic amines) is 1. The van der Waals surface area contributed by atoms with E-state index >= 15 is 0 Å². The molecule has 6 heteroatoms. The first-order chi connectivity index (χ1) is 9.62. The molecule has 1 saturated heterocycles. The zero-order valence-corrected chi connectivity index (χ0v) is 13.3. The molecule has 2 atom stereocenters. The van der Waals surface area contributed by atoms with Gasteiger partial charge in [-0.1, -0.05) is 20.8 Å². The number of hydrogen-bond acceptors (Lipinski definition) is 3. The quantitative estimate of drug-likeness (QED) is 0.803. The molecule has 6 nitrogen and oxygen atoms in total. The number of rotatable bonds is 5. The zero-order valence-electron chi connectivity index (χ0n) is 13.3. The first kappa shape index (κ1) is 17.5. The van der Waals surface area contributed by atoms with Crippen molar-refractivity contribution in [3.63, 3.8) is 0 Å². The van der Waals surface area contributed by atoms with E-state index in [0.29, 0.717) is 19.4 Å². The summed E-state index contributed by atoms with van der Waals surface area (Å²) in [5.41, 5.74) is -0.502. The second-order valence-corrected chi connectivity index (χ2v) is 6.75. The fourth-order valence-electron chi connectivity index (χ4n) is 2.46. The average molecular weight is 298 g/mol. The van der Waals surface area contributed by atoms with E-state index in [1.54, 1.807) is 11.8 Å². The van der Waals surface area contributed by atoms with E-state index in [4.69, 9.17) is 5.11 Å². The van der Waals surface area contributed by atoms with Crippen molar-refractivity contribution in [3.8, 4) is 0 Å². The van der Waals surface area contributed by atoms with Gasteiger partial charge in [-0.15, -0.1) is 0 Å². The van der Waals surface area contributed by atoms with Crippen LogP contribution in [-0.4, -0.2) is 46.4 Å². The molecule has 120 valence electrons. The molecule has 0 aromatic carbocycles. The van der Waals surface area contributed by atoms with Gasteiger partial charge in [0.1, 0.15) is 6.04 Å². The lowest BCUT2D eigenvalue weighted by molar-refractivity contribution is -0.144. The van der Waals surface area contributed by atoms with E-state index < -0.39 is 17.4 Å². The second kappa shape index (κ2) is 6.91. The Kier molecular flexibility index (Phi) is 5.75. The summed E-state index contributed by atoms with van der Waals surface area (Å²) in [6.07, 6.45) is 1.90. The minimum absolute atomic E-state index is 0.0154. The number of carbonyl (C=O) groups is 3. The van der Waals surface area contributed by atoms with Crippen molar-refractivity contribution in [2.75, 3.05) is 6.54 Å². The highest BCUT2D eigenvalue weighted by Gasteiger charge is 2.38. The Morgan fingerprint density at radius 3 is 2.48 bits per heavy atom. The lowest BCUT2D eigenvalue weighted by atomic mass is 9.94. The maximum Gasteiger partial charge on any atom is 0.303 e. The molecular weight excluding hydrogens is 272 g/mol. The van der Waals surface area contributed by atoms with Crippen LogP contribution in [0.3, 0.4) is 0 Å². The largest absolute Gasteiger partial charge is 0.481 e. The summed E-state index contributed by atoms with van der Waals surface area (Å²) in [6.45, 7) is 7.93. The molecule has 0 bridgehead atoms. The number of nitrogens with zero attached hydrogens (tertiary/aromatic N) is 1. The summed E-state index contributed by atoms with van der Waals surface area (Å²) in [4.78, 5) is 36.8. The number of nitrogens with one attached hydrogen (secondary N) is 1. The van der Waals surface area contributed by atoms with Crippen molar-refractivity contribution in [2.24, 2.45) is 5.41 Å². The summed E-state index contributed by atoms with van der Waals surface area (Å²) < 4.78 is 0. The van der Waals surface area contributed by atoms with Crippen LogP contribution in [0.2, 0.25) is 0 Å². The maximum absolute atomic E-state index is 12.4. The van der Waals surface area contributed by atoms with Crippen molar-refractivity contribution in [2.45, 2.75) is 65.5 Å². The molecule has 1 aliphatic heterocycles. The SMILES string of the molecule is CC(CCC(=O)O)NC(=O)C1CCCN1C(=O)C(C)(C)C. The molecule has 2 amide bonds. The smallest absolute Gasteiger partial charge is 0.303 e. The van der Waals surface area contributed by atoms with Crippen LogP contribution in [0, 0.1) is 5.41 Å². The predicted octanol–water partition coefficient (Wildman–Crippen LogP) is 1.39. The van der Waals surface area contributed by atoms with E-state index in [1.807, 2.05) is 20.8 Å². The summed E-state index contributed by atoms with van der Waals surface area (Å²) in [7, 11) is 0. The van der Waals surface area contributed by atoms with Gasteiger partial charge >= 0.3 is 5.97 Å². The first-order valence-corrected chi connectivity index (χ1v) is 7.46. The Morgan fingerprint density at radius 1 is 1.33 bits per heavy atom. The van der Waals surface area contributed by atoms with E-state index in [-0.39, 0.29) is 24.3 Å². The van der Waals surface area contributed by atoms with Crippen LogP contribution in [0.25, 0.3) is 0 Å². The van der Waals surface area contributed by atoms with Gasteiger partial charge < -0.3 is 15.3 Å². The molecule has 2 N–H and O–H groups in total. The summed E-state index contributed by atoms with van der Waals surface area (Å²) >= 11 is 0. The van der Waals surface area contributed by atoms with Crippen LogP contribution in [-0.2, 0) is 14.4 Å². The minimum atomic E-state index is -0.874. The summed E-state index contributed by atoms with van der Waals surface area (Å²) in [5.74, 6) is -1.07. The molecule has 1 aliphatic rings. The van der Waals surface area contributed by atoms with Crippen LogP contribution in [0.4, 0.5) is 0 Å². The van der Waals surface area contributed by atoms with Gasteiger partial charge in [0, 0.05) is 24.4 Å². The fourth-order valence-corrected chi connectivity index (χ4v) is 2.46. The summed E-state index contributed by atoms with van der Waals surface area (Å²) in [5, 5.41) is 11.5. The first-order valence-electron chi connectivity index (χ1n) is 7.46. The van der Waals surface area contributed by atoms with Crippen molar-refractivity contribution >= 4 is 17.8 Å². The standard InChI is InChI=1S/C15H26N2O4/c1-10(7-8-12(18)19)16-13(20)11-6-5-9-17(11)14(21)15(2,3)4/h10-11H,5-9H2,1-4H3,(H,16,20)(H,18,19). The number of carboxylic acid groups (broad SMARTS) is 1. The van der Waals surface area contributed by atoms with Crippen LogP contribution >= 0.6 is 0 Å². The molecule has 21 heavy (non-hydrogen) atoms. The molecule has 0 spiro atoms. The zero-order chi connectivity index (χ0) is 16.2. The molecule has 1 rings (SSSR count). The third kappa shape index (κ3) is 5.02. The maximum atomic E-state index is 12.4. The van der Waals surface area contributed by atoms with E-state index in [9.17, 15) is 14.4 Å². The Labute approximate surface area is 125 Å². The van der Waals surface area contributed by atoms with Gasteiger partial charge in [0.2, 0.25) is 11.8 Å². The highest BCUT2D eigenvalue weighted by molar-refractivity contribution is 5.90. The molecule has 1 heterocycles. The van der Waals surface area contributed by atoms with Gasteiger partial charge in [-0.25, -0.2) is 0 Å². The third-order valence-electron chi connectivity index (χ3n) is 3.64. The van der Waals surface area contributed by atoms with Gasteiger partial charge in [0.05, 0.1) is 0 Å². The van der Waals surface area contributed by atoms with Crippen molar-refractivity contribution in [3.05, 3.63) is 0 Å². The number of amides is 2. The second-order valence-electron chi connectivity index (χ2n) is 6.75. The van der Waals surface area contributed by atoms with Gasteiger partial charge in [0.15, 0.2) is 0 Å². The lowest BCUT2D eigenvalue weighted by Crippen LogP contribution is -2.50. The Bertz CT molecular complexity index is 414. The highest BCUT2D eigenvalue weighted by Crippen LogP contribution is 2.25. The van der Waals surface area contributed by atoms with Crippen LogP contribution in [0.5, 0.6) is 0 Å². The Balaban J connectivity index is 2.60. The number of carbonyl (C=O) groups excluding carboxylic acids is 2. The van der Waals surface area contributed by atoms with Crippen molar-refractivity contribution < 1.29 is 19.5 Å². The van der Waals surface area contributed by atoms with Gasteiger partial charge in [-0.2, -0.15) is 0 Å². The van der Waals surface area contributed by atoms with E-state index in [2.05, 4.69) is 5.32 Å². The molecule has 1 fully saturated rings. The third-order valence-corrected chi connectivity index (χ3v) is 3.64. The van der Waals surface area contributed by atoms with Crippen LogP contribution in [0.1, 0.15) is 53.4 Å². The fraction of sp³-hybridized carbons (Fsp3) is 0.800. The number of aliphatic carboxylic acids is 1. The highest BCUT2D eigenvalue weighted by atomic mass is 16.4. The molecule has 0 radical (unpaired) electrons. The number of carboxylic acids is 1. The van der Waals surface area contributed by atoms with Crippen LogP contribution < -0.4 is 5.32 Å². The molecular formula is C15H26N2O4. The van der Waals surface area contributed by atoms with Gasteiger partial charge in [-0.05, 0) is 26.2 Å². The molecule has 0 aromatic heterocycles. The molecule has 0 aliphatic carbocycles. The number of hydrogen-bond donors (Lipinski definition) is 2. The molecule has 0 aromatic rings. The van der Waals surface area contributed by atoms with Crippen molar-refractivity contribution in [1.82, 2.24) is 10.2 Å². The van der Waals surface area contributed by atoms with Crippen molar-refractivity contribution in [1.29, 1.82) is 0 Å². The van der Waals surface area contributed by atoms with Crippen LogP contribution in [0.15, 0.2) is 0 Å². The Morgan fingerprint density at radius 2 is 1.95 bits per heavy atom. The monoisotopic (exact) mass is 298 g/mol. The predicted molar refractivity (Wildman–Crippen MR) is 78.7 cm³/mol. The van der Waals surface area contributed by atoms with Gasteiger partial charge in [-0.3, -0.25) is 14.4 Å². The molecule has 2 unspecified atom stereocenters. The normalized spacial score (nSPS) is 20.2. The Hall–Kier alpha value is -1.59. The minimum Gasteiger partial charge on any atom is -0.481 e. The lowest BCUT2D eigenvalue weighted by Gasteiger charge is -2.30. The van der Waals surface area contributed by atoms with E-state index in [1.165, 1.54) is 0 Å². The van der Waals surface area contributed by atoms with Gasteiger partial charge in [0.25, 0.3) is 0 Å². The molecule has 0 saturated carbocycles. The van der Waals surface area contributed by atoms with E-state index in [0.717, 1.165) is 6.42 Å². The topological polar surface area (TPSA) is 86.7 Å². The average Bonchev–Trinajstić information content (AvgIpc) is 2.83.